The molecule has 0 radical (unpaired) electrons. The van der Waals surface area contributed by atoms with Crippen molar-refractivity contribution in [3.8, 4) is 0 Å². The van der Waals surface area contributed by atoms with Crippen LogP contribution in [0.15, 0.2) is 48.7 Å². The van der Waals surface area contributed by atoms with E-state index in [0.717, 1.165) is 30.6 Å². The van der Waals surface area contributed by atoms with Gasteiger partial charge < -0.3 is 15.2 Å². The molecule has 1 fully saturated rings. The molecule has 162 valence electrons. The minimum absolute atomic E-state index is 0.0278. The lowest BCUT2D eigenvalue weighted by atomic mass is 10.1. The zero-order valence-corrected chi connectivity index (χ0v) is 17.2. The lowest BCUT2D eigenvalue weighted by Gasteiger charge is -2.40. The minimum atomic E-state index is -1.08. The summed E-state index contributed by atoms with van der Waals surface area (Å²) >= 11 is 0. The normalized spacial score (nSPS) is 17.1. The summed E-state index contributed by atoms with van der Waals surface area (Å²) in [5.74, 6) is -2.86. The number of para-hydroxylation sites is 1. The molecule has 4 rings (SSSR count). The first-order chi connectivity index (χ1) is 15.0. The number of hydrogen-bond donors (Lipinski definition) is 2. The highest BCUT2D eigenvalue weighted by atomic mass is 19.2. The van der Waals surface area contributed by atoms with Gasteiger partial charge in [0, 0.05) is 55.9 Å². The molecule has 0 saturated carbocycles. The number of nitrogens with zero attached hydrogens (tertiary/aromatic N) is 2. The number of fused-ring (bicyclic) bond motifs is 1. The van der Waals surface area contributed by atoms with Crippen LogP contribution >= 0.6 is 0 Å². The molecule has 8 heteroatoms. The van der Waals surface area contributed by atoms with E-state index in [1.807, 2.05) is 24.4 Å². The zero-order valence-electron chi connectivity index (χ0n) is 17.2. The van der Waals surface area contributed by atoms with Crippen molar-refractivity contribution >= 4 is 22.7 Å². The van der Waals surface area contributed by atoms with Gasteiger partial charge in [-0.1, -0.05) is 18.2 Å². The predicted octanol–water partition coefficient (Wildman–Crippen LogP) is 2.56. The van der Waals surface area contributed by atoms with Crippen molar-refractivity contribution in [1.29, 1.82) is 0 Å². The molecule has 1 aliphatic rings. The van der Waals surface area contributed by atoms with Crippen molar-refractivity contribution in [2.45, 2.75) is 12.5 Å². The fourth-order valence-electron chi connectivity index (χ4n) is 4.09. The number of rotatable bonds is 5. The van der Waals surface area contributed by atoms with Gasteiger partial charge in [0.25, 0.3) is 5.91 Å². The van der Waals surface area contributed by atoms with Crippen LogP contribution in [0.25, 0.3) is 10.9 Å². The van der Waals surface area contributed by atoms with Gasteiger partial charge in [-0.3, -0.25) is 14.5 Å². The van der Waals surface area contributed by atoms with Crippen LogP contribution < -0.4 is 5.32 Å². The Labute approximate surface area is 178 Å². The molecule has 0 aliphatic carbocycles. The molecule has 2 heterocycles. The molecule has 1 aliphatic heterocycles. The van der Waals surface area contributed by atoms with Gasteiger partial charge in [-0.2, -0.15) is 0 Å². The Kier molecular flexibility index (Phi) is 5.99. The van der Waals surface area contributed by atoms with Crippen molar-refractivity contribution in [2.24, 2.45) is 0 Å². The number of hydrogen-bond acceptors (Lipinski definition) is 3. The Morgan fingerprint density at radius 3 is 2.71 bits per heavy atom. The van der Waals surface area contributed by atoms with Gasteiger partial charge in [-0.15, -0.1) is 0 Å². The molecule has 31 heavy (non-hydrogen) atoms. The first kappa shape index (κ1) is 21.0. The third-order valence-corrected chi connectivity index (χ3v) is 5.81. The van der Waals surface area contributed by atoms with E-state index in [0.29, 0.717) is 19.6 Å². The fourth-order valence-corrected chi connectivity index (χ4v) is 4.09. The summed E-state index contributed by atoms with van der Waals surface area (Å²) in [5.41, 5.74) is 2.31. The van der Waals surface area contributed by atoms with E-state index in [2.05, 4.69) is 21.3 Å². The van der Waals surface area contributed by atoms with Crippen LogP contribution in [0.4, 0.5) is 8.78 Å². The fraction of sp³-hybridized carbons (Fsp3) is 0.304. The van der Waals surface area contributed by atoms with Crippen LogP contribution in [-0.4, -0.2) is 65.9 Å². The van der Waals surface area contributed by atoms with Gasteiger partial charge in [0.1, 0.15) is 6.04 Å². The molecule has 2 amide bonds. The summed E-state index contributed by atoms with van der Waals surface area (Å²) in [4.78, 5) is 32.3. The Balaban J connectivity index is 1.46. The number of carbonyl (C=O) groups excluding carboxylic acids is 2. The third kappa shape index (κ3) is 4.29. The molecule has 1 aromatic heterocycles. The number of carbonyl (C=O) groups is 2. The molecule has 6 nitrogen and oxygen atoms in total. The van der Waals surface area contributed by atoms with Gasteiger partial charge in [0.15, 0.2) is 11.6 Å². The molecule has 3 aromatic rings. The number of amides is 2. The van der Waals surface area contributed by atoms with Crippen LogP contribution in [0.5, 0.6) is 0 Å². The Hall–Kier alpha value is -3.26. The molecule has 0 spiro atoms. The van der Waals surface area contributed by atoms with E-state index in [-0.39, 0.29) is 11.5 Å². The summed E-state index contributed by atoms with van der Waals surface area (Å²) in [7, 11) is 1.52. The number of benzene rings is 2. The van der Waals surface area contributed by atoms with Crippen molar-refractivity contribution < 1.29 is 18.4 Å². The van der Waals surface area contributed by atoms with E-state index in [1.54, 1.807) is 0 Å². The highest BCUT2D eigenvalue weighted by Crippen LogP contribution is 2.20. The summed E-state index contributed by atoms with van der Waals surface area (Å²) in [6.07, 6.45) is 2.81. The molecule has 2 aromatic carbocycles. The van der Waals surface area contributed by atoms with Crippen LogP contribution in [0.2, 0.25) is 0 Å². The van der Waals surface area contributed by atoms with Crippen molar-refractivity contribution in [3.05, 3.63) is 71.4 Å². The number of H-pyrrole nitrogens is 1. The lowest BCUT2D eigenvalue weighted by molar-refractivity contribution is -0.127. The summed E-state index contributed by atoms with van der Waals surface area (Å²) in [5, 5.41) is 3.79. The van der Waals surface area contributed by atoms with Crippen LogP contribution in [0.3, 0.4) is 0 Å². The van der Waals surface area contributed by atoms with E-state index in [4.69, 9.17) is 0 Å². The maximum absolute atomic E-state index is 13.6. The second-order valence-corrected chi connectivity index (χ2v) is 7.67. The first-order valence-electron chi connectivity index (χ1n) is 10.2. The van der Waals surface area contributed by atoms with E-state index in [9.17, 15) is 18.4 Å². The van der Waals surface area contributed by atoms with Gasteiger partial charge in [0.2, 0.25) is 5.91 Å². The monoisotopic (exact) mass is 426 g/mol. The smallest absolute Gasteiger partial charge is 0.254 e. The second-order valence-electron chi connectivity index (χ2n) is 7.67. The SMILES string of the molecule is CNC(=O)C1CN(CCc2c[nH]c3ccccc23)CCN1C(=O)c1ccc(F)c(F)c1. The molecule has 1 saturated heterocycles. The average molecular weight is 426 g/mol. The highest BCUT2D eigenvalue weighted by molar-refractivity contribution is 5.97. The minimum Gasteiger partial charge on any atom is -0.361 e. The Morgan fingerprint density at radius 1 is 1.13 bits per heavy atom. The molecular weight excluding hydrogens is 402 g/mol. The molecular formula is C23H24F2N4O2. The summed E-state index contributed by atoms with van der Waals surface area (Å²) in [6, 6.07) is 10.4. The maximum atomic E-state index is 13.6. The largest absolute Gasteiger partial charge is 0.361 e. The number of nitrogens with one attached hydrogen (secondary N) is 2. The number of likely N-dealkylation sites (N-methyl/N-ethyl adjacent to an activating group) is 1. The van der Waals surface area contributed by atoms with Crippen LogP contribution in [0, 0.1) is 11.6 Å². The van der Waals surface area contributed by atoms with Crippen molar-refractivity contribution in [1.82, 2.24) is 20.1 Å². The number of aromatic nitrogens is 1. The van der Waals surface area contributed by atoms with E-state index >= 15 is 0 Å². The number of halogens is 2. The number of aromatic amines is 1. The van der Waals surface area contributed by atoms with Gasteiger partial charge >= 0.3 is 0 Å². The topological polar surface area (TPSA) is 68.4 Å². The standard InChI is InChI=1S/C23H24F2N4O2/c1-26-22(30)21-14-28(9-8-16-13-27-20-5-3-2-4-17(16)20)10-11-29(21)23(31)15-6-7-18(24)19(25)12-15/h2-7,12-13,21,27H,8-11,14H2,1H3,(H,26,30). The summed E-state index contributed by atoms with van der Waals surface area (Å²) in [6.45, 7) is 2.02. The van der Waals surface area contributed by atoms with E-state index in [1.165, 1.54) is 29.0 Å². The van der Waals surface area contributed by atoms with Gasteiger partial charge in [-0.25, -0.2) is 8.78 Å². The van der Waals surface area contributed by atoms with Gasteiger partial charge in [0.05, 0.1) is 0 Å². The number of piperazine rings is 1. The average Bonchev–Trinajstić information content (AvgIpc) is 3.21. The molecule has 1 unspecified atom stereocenters. The first-order valence-corrected chi connectivity index (χ1v) is 10.2. The Bertz CT molecular complexity index is 1110. The molecule has 1 atom stereocenters. The Morgan fingerprint density at radius 2 is 1.94 bits per heavy atom. The van der Waals surface area contributed by atoms with Gasteiger partial charge in [-0.05, 0) is 36.2 Å². The zero-order chi connectivity index (χ0) is 22.0. The lowest BCUT2D eigenvalue weighted by Crippen LogP contribution is -2.60. The second kappa shape index (κ2) is 8.85. The van der Waals surface area contributed by atoms with E-state index < -0.39 is 23.6 Å². The predicted molar refractivity (Wildman–Crippen MR) is 114 cm³/mol. The summed E-state index contributed by atoms with van der Waals surface area (Å²) < 4.78 is 26.8. The quantitative estimate of drug-likeness (QED) is 0.659. The maximum Gasteiger partial charge on any atom is 0.254 e. The van der Waals surface area contributed by atoms with Crippen molar-refractivity contribution in [3.63, 3.8) is 0 Å². The molecule has 0 bridgehead atoms. The highest BCUT2D eigenvalue weighted by Gasteiger charge is 2.35. The third-order valence-electron chi connectivity index (χ3n) is 5.81. The van der Waals surface area contributed by atoms with Crippen LogP contribution in [-0.2, 0) is 11.2 Å². The van der Waals surface area contributed by atoms with Crippen molar-refractivity contribution in [2.75, 3.05) is 33.2 Å². The van der Waals surface area contributed by atoms with Crippen LogP contribution in [0.1, 0.15) is 15.9 Å². The molecule has 2 N–H and O–H groups in total.